The summed E-state index contributed by atoms with van der Waals surface area (Å²) in [6, 6.07) is 156. The first kappa shape index (κ1) is 71.4. The Morgan fingerprint density at radius 2 is 0.514 bits per heavy atom. The van der Waals surface area contributed by atoms with Crippen LogP contribution in [0.2, 0.25) is 0 Å². The van der Waals surface area contributed by atoms with Crippen molar-refractivity contribution in [1.29, 1.82) is 0 Å². The SMILES string of the molecule is Brc1ccc(-c2ccc(-c3ccc4c5ccccc5n(-c5ccccc5)c4c3)cc2)cc1.C.C.c1ccc(-c2ccc(N(c3ccc(-c4ccc(-c5ccc6c7ccccc7n(-c7ccccc7)c6c5)cc4)cc3)c3cccc4ccccc34)cc2)cc1.c1ccc(-c2ccc(Nc3cccc4ccccc34)cc2)cc1. The summed E-state index contributed by atoms with van der Waals surface area (Å²) in [6.45, 7) is 0. The Morgan fingerprint density at radius 1 is 0.216 bits per heavy atom. The molecule has 0 saturated carbocycles. The molecule has 0 bridgehead atoms. The number of halogens is 1. The summed E-state index contributed by atoms with van der Waals surface area (Å²) in [7, 11) is 0. The van der Waals surface area contributed by atoms with E-state index >= 15 is 0 Å². The summed E-state index contributed by atoms with van der Waals surface area (Å²) in [5.41, 5.74) is 27.4. The maximum Gasteiger partial charge on any atom is 0.0547 e. The Hall–Kier alpha value is -13.8. The Bertz CT molecular complexity index is 6550. The molecule has 0 atom stereocenters. The van der Waals surface area contributed by atoms with Gasteiger partial charge in [-0.05, 0) is 187 Å². The first-order valence-electron chi connectivity index (χ1n) is 37.0. The van der Waals surface area contributed by atoms with Gasteiger partial charge in [-0.1, -0.05) is 358 Å². The fourth-order valence-corrected chi connectivity index (χ4v) is 15.6. The summed E-state index contributed by atoms with van der Waals surface area (Å²) < 4.78 is 5.84. The van der Waals surface area contributed by atoms with E-state index in [9.17, 15) is 0 Å². The molecule has 0 saturated heterocycles. The van der Waals surface area contributed by atoms with Gasteiger partial charge in [0.2, 0.25) is 0 Å². The second-order valence-electron chi connectivity index (χ2n) is 27.4. The standard InChI is InChI=1S/C52H36N2.C30H20BrN.C22H17N.2CH4/c1-3-12-37(13-4-1)39-26-31-45(32-27-39)53(50-21-11-15-42-14-7-8-18-47(42)50)46-33-28-40(29-34-46)38-22-24-41(25-23-38)43-30-35-49-48-19-9-10-20-51(48)54(52(49)36-43)44-16-5-2-6-17-44;31-25-17-14-22(15-18-25)21-10-12-23(13-11-21)24-16-19-28-27-8-4-5-9-29(27)32(30(28)20-24)26-6-2-1-3-7-26;1-2-7-17(8-3-1)18-13-15-20(16-14-18)23-22-12-6-10-19-9-4-5-11-21(19)22;;/h1-36H;1-20H;1-16,23H;2*1H4. The topological polar surface area (TPSA) is 25.1 Å². The average molecular weight is 1490 g/mol. The van der Waals surface area contributed by atoms with Crippen molar-refractivity contribution < 1.29 is 0 Å². The molecule has 532 valence electrons. The quantitative estimate of drug-likeness (QED) is 0.124. The smallest absolute Gasteiger partial charge is 0.0547 e. The molecule has 0 aliphatic heterocycles. The third kappa shape index (κ3) is 14.8. The molecular formula is C106H81BrN4. The molecule has 4 nitrogen and oxygen atoms in total. The molecule has 0 radical (unpaired) electrons. The molecule has 2 heterocycles. The van der Waals surface area contributed by atoms with E-state index in [4.69, 9.17) is 0 Å². The minimum absolute atomic E-state index is 0. The molecule has 0 aliphatic rings. The molecule has 111 heavy (non-hydrogen) atoms. The summed E-state index contributed by atoms with van der Waals surface area (Å²) in [6.07, 6.45) is 0. The molecule has 1 N–H and O–H groups in total. The Labute approximate surface area is 658 Å². The Morgan fingerprint density at radius 3 is 0.955 bits per heavy atom. The average Bonchev–Trinajstić information content (AvgIpc) is 1.61. The van der Waals surface area contributed by atoms with Crippen LogP contribution in [0.1, 0.15) is 14.9 Å². The van der Waals surface area contributed by atoms with Crippen LogP contribution in [-0.4, -0.2) is 9.13 Å². The number of hydrogen-bond acceptors (Lipinski definition) is 2. The van der Waals surface area contributed by atoms with Gasteiger partial charge in [0.05, 0.1) is 27.8 Å². The second-order valence-corrected chi connectivity index (χ2v) is 28.3. The molecule has 2 aromatic heterocycles. The van der Waals surface area contributed by atoms with Crippen molar-refractivity contribution >= 4 is 110 Å². The van der Waals surface area contributed by atoms with Crippen LogP contribution in [0.4, 0.5) is 28.4 Å². The number of aromatic nitrogens is 2. The minimum Gasteiger partial charge on any atom is -0.355 e. The number of para-hydroxylation sites is 4. The molecule has 0 aliphatic carbocycles. The van der Waals surface area contributed by atoms with Crippen molar-refractivity contribution in [2.75, 3.05) is 10.2 Å². The highest BCUT2D eigenvalue weighted by atomic mass is 79.9. The zero-order valence-corrected chi connectivity index (χ0v) is 61.4. The molecular weight excluding hydrogens is 1410 g/mol. The zero-order chi connectivity index (χ0) is 72.8. The maximum absolute atomic E-state index is 3.53. The van der Waals surface area contributed by atoms with Crippen molar-refractivity contribution in [2.24, 2.45) is 0 Å². The molecule has 20 rings (SSSR count). The monoisotopic (exact) mass is 1490 g/mol. The number of hydrogen-bond donors (Lipinski definition) is 1. The van der Waals surface area contributed by atoms with E-state index in [1.807, 2.05) is 6.07 Å². The van der Waals surface area contributed by atoms with Crippen LogP contribution in [0.5, 0.6) is 0 Å². The van der Waals surface area contributed by atoms with Crippen molar-refractivity contribution in [3.05, 3.63) is 441 Å². The fourth-order valence-electron chi connectivity index (χ4n) is 15.3. The van der Waals surface area contributed by atoms with E-state index in [-0.39, 0.29) is 14.9 Å². The van der Waals surface area contributed by atoms with Crippen molar-refractivity contribution in [2.45, 2.75) is 14.9 Å². The van der Waals surface area contributed by atoms with Crippen molar-refractivity contribution in [3.63, 3.8) is 0 Å². The summed E-state index contributed by atoms with van der Waals surface area (Å²) >= 11 is 3.51. The second kappa shape index (κ2) is 32.3. The van der Waals surface area contributed by atoms with Gasteiger partial charge < -0.3 is 19.4 Å². The summed E-state index contributed by atoms with van der Waals surface area (Å²) in [4.78, 5) is 2.37. The van der Waals surface area contributed by atoms with Gasteiger partial charge in [0.25, 0.3) is 0 Å². The lowest BCUT2D eigenvalue weighted by molar-refractivity contribution is 1.18. The van der Waals surface area contributed by atoms with E-state index < -0.39 is 0 Å². The number of rotatable bonds is 13. The lowest BCUT2D eigenvalue weighted by Gasteiger charge is -2.27. The van der Waals surface area contributed by atoms with Crippen LogP contribution in [0.25, 0.3) is 143 Å². The number of nitrogens with zero attached hydrogens (tertiary/aromatic N) is 3. The van der Waals surface area contributed by atoms with Gasteiger partial charge in [-0.25, -0.2) is 0 Å². The Balaban J connectivity index is 0.000000139. The Kier molecular flexibility index (Phi) is 20.8. The zero-order valence-electron chi connectivity index (χ0n) is 59.8. The third-order valence-corrected chi connectivity index (χ3v) is 21.3. The van der Waals surface area contributed by atoms with Crippen LogP contribution < -0.4 is 10.2 Å². The van der Waals surface area contributed by atoms with Crippen LogP contribution >= 0.6 is 15.9 Å². The highest BCUT2D eigenvalue weighted by molar-refractivity contribution is 9.10. The van der Waals surface area contributed by atoms with E-state index in [1.165, 1.54) is 143 Å². The van der Waals surface area contributed by atoms with Gasteiger partial charge in [0, 0.05) is 70.9 Å². The van der Waals surface area contributed by atoms with Crippen LogP contribution in [0.3, 0.4) is 0 Å². The van der Waals surface area contributed by atoms with Gasteiger partial charge in [-0.2, -0.15) is 0 Å². The minimum atomic E-state index is 0. The highest BCUT2D eigenvalue weighted by Gasteiger charge is 2.19. The lowest BCUT2D eigenvalue weighted by Crippen LogP contribution is -2.10. The molecule has 0 unspecified atom stereocenters. The number of anilines is 5. The number of nitrogens with one attached hydrogen (secondary N) is 1. The lowest BCUT2D eigenvalue weighted by atomic mass is 9.99. The fraction of sp³-hybridized carbons (Fsp3) is 0.0189. The van der Waals surface area contributed by atoms with Gasteiger partial charge in [-0.15, -0.1) is 0 Å². The van der Waals surface area contributed by atoms with Gasteiger partial charge in [0.1, 0.15) is 0 Å². The van der Waals surface area contributed by atoms with Crippen LogP contribution in [-0.2, 0) is 0 Å². The number of benzene rings is 18. The molecule has 5 heteroatoms. The van der Waals surface area contributed by atoms with Gasteiger partial charge in [0.15, 0.2) is 0 Å². The van der Waals surface area contributed by atoms with Crippen LogP contribution in [0, 0.1) is 0 Å². The molecule has 0 fully saturated rings. The largest absolute Gasteiger partial charge is 0.355 e. The number of fused-ring (bicyclic) bond motifs is 8. The normalized spacial score (nSPS) is 11.0. The van der Waals surface area contributed by atoms with Crippen molar-refractivity contribution in [1.82, 2.24) is 9.13 Å². The predicted octanol–water partition coefficient (Wildman–Crippen LogP) is 30.8. The highest BCUT2D eigenvalue weighted by Crippen LogP contribution is 2.43. The van der Waals surface area contributed by atoms with E-state index in [1.54, 1.807) is 0 Å². The van der Waals surface area contributed by atoms with Gasteiger partial charge >= 0.3 is 0 Å². The van der Waals surface area contributed by atoms with Gasteiger partial charge in [-0.3, -0.25) is 0 Å². The molecule has 0 spiro atoms. The molecule has 18 aromatic carbocycles. The van der Waals surface area contributed by atoms with E-state index in [0.29, 0.717) is 0 Å². The summed E-state index contributed by atoms with van der Waals surface area (Å²) in [5.74, 6) is 0. The first-order chi connectivity index (χ1) is 54.0. The summed E-state index contributed by atoms with van der Waals surface area (Å²) in [5, 5.41) is 13.5. The van der Waals surface area contributed by atoms with E-state index in [2.05, 4.69) is 466 Å². The molecule has 20 aromatic rings. The van der Waals surface area contributed by atoms with Crippen molar-refractivity contribution in [3.8, 4) is 78.1 Å². The van der Waals surface area contributed by atoms with E-state index in [0.717, 1.165) is 32.9 Å². The first-order valence-corrected chi connectivity index (χ1v) is 37.8. The molecule has 0 amide bonds. The predicted molar refractivity (Wildman–Crippen MR) is 481 cm³/mol. The van der Waals surface area contributed by atoms with Crippen LogP contribution in [0.15, 0.2) is 441 Å². The maximum atomic E-state index is 3.53. The third-order valence-electron chi connectivity index (χ3n) is 20.7.